The molecule has 87 heavy (non-hydrogen) atoms. The predicted molar refractivity (Wildman–Crippen MR) is 363 cm³/mol. The van der Waals surface area contributed by atoms with E-state index in [4.69, 9.17) is 15.0 Å². The van der Waals surface area contributed by atoms with E-state index < -0.39 is 0 Å². The predicted octanol–water partition coefficient (Wildman–Crippen LogP) is 19.0. The summed E-state index contributed by atoms with van der Waals surface area (Å²) in [7, 11) is 0. The number of rotatable bonds is 11. The van der Waals surface area contributed by atoms with Gasteiger partial charge in [-0.1, -0.05) is 279 Å². The van der Waals surface area contributed by atoms with Crippen LogP contribution in [0.5, 0.6) is 0 Å². The monoisotopic (exact) mass is 1110 g/mol. The van der Waals surface area contributed by atoms with Crippen molar-refractivity contribution in [3.63, 3.8) is 0 Å². The second-order valence-corrected chi connectivity index (χ2v) is 22.3. The average Bonchev–Trinajstić information content (AvgIpc) is 0.747. The third-order valence-electron chi connectivity index (χ3n) is 17.1. The molecule has 0 radical (unpaired) electrons. The summed E-state index contributed by atoms with van der Waals surface area (Å²) < 4.78 is 0. The Bertz CT molecular complexity index is 4500. The zero-order valence-electron chi connectivity index (χ0n) is 47.5. The van der Waals surface area contributed by atoms with Crippen molar-refractivity contribution in [2.24, 2.45) is 0 Å². The van der Waals surface area contributed by atoms with Gasteiger partial charge in [0.15, 0.2) is 17.5 Å². The summed E-state index contributed by atoms with van der Waals surface area (Å²) in [5, 5.41) is 0. The van der Waals surface area contributed by atoms with E-state index in [-0.39, 0.29) is 6.71 Å². The molecule has 2 aliphatic heterocycles. The third kappa shape index (κ3) is 9.56. The minimum absolute atomic E-state index is 0.184. The van der Waals surface area contributed by atoms with Crippen LogP contribution < -0.4 is 26.2 Å². The van der Waals surface area contributed by atoms with Crippen LogP contribution in [0.3, 0.4) is 0 Å². The van der Waals surface area contributed by atoms with Crippen molar-refractivity contribution in [3.8, 4) is 101 Å². The fourth-order valence-corrected chi connectivity index (χ4v) is 12.8. The van der Waals surface area contributed by atoms with Gasteiger partial charge in [-0.25, -0.2) is 15.0 Å². The van der Waals surface area contributed by atoms with Crippen molar-refractivity contribution >= 4 is 57.2 Å². The van der Waals surface area contributed by atoms with Crippen LogP contribution in [0, 0.1) is 0 Å². The molecule has 0 N–H and O–H groups in total. The van der Waals surface area contributed by atoms with Crippen molar-refractivity contribution in [1.82, 2.24) is 15.0 Å². The Morgan fingerprint density at radius 3 is 0.747 bits per heavy atom. The van der Waals surface area contributed by atoms with E-state index in [1.807, 2.05) is 0 Å². The third-order valence-corrected chi connectivity index (χ3v) is 17.1. The first kappa shape index (κ1) is 51.2. The van der Waals surface area contributed by atoms with Gasteiger partial charge in [-0.2, -0.15) is 0 Å². The average molecular weight is 1110 g/mol. The van der Waals surface area contributed by atoms with Gasteiger partial charge >= 0.3 is 0 Å². The molecule has 3 heterocycles. The highest BCUT2D eigenvalue weighted by Crippen LogP contribution is 2.48. The normalized spacial score (nSPS) is 12.1. The van der Waals surface area contributed by atoms with Gasteiger partial charge < -0.3 is 9.80 Å². The Labute approximate surface area is 507 Å². The zero-order valence-corrected chi connectivity index (χ0v) is 47.5. The summed E-state index contributed by atoms with van der Waals surface area (Å²) in [6.45, 7) is -0.184. The van der Waals surface area contributed by atoms with Crippen molar-refractivity contribution in [2.45, 2.75) is 0 Å². The molecule has 0 unspecified atom stereocenters. The lowest BCUT2D eigenvalue weighted by molar-refractivity contribution is 1.07. The molecule has 0 spiro atoms. The molecule has 0 saturated heterocycles. The van der Waals surface area contributed by atoms with Crippen molar-refractivity contribution < 1.29 is 0 Å². The molecule has 13 aromatic carbocycles. The van der Waals surface area contributed by atoms with Crippen LogP contribution in [-0.2, 0) is 0 Å². The van der Waals surface area contributed by atoms with Gasteiger partial charge in [0, 0.05) is 50.8 Å². The molecule has 0 fully saturated rings. The quantitative estimate of drug-likeness (QED) is 0.121. The number of anilines is 6. The highest BCUT2D eigenvalue weighted by molar-refractivity contribution is 7.00. The van der Waals surface area contributed by atoms with Crippen molar-refractivity contribution in [3.05, 3.63) is 328 Å². The number of hydrogen-bond donors (Lipinski definition) is 0. The number of hydrogen-bond acceptors (Lipinski definition) is 5. The molecule has 0 saturated carbocycles. The largest absolute Gasteiger partial charge is 0.311 e. The molecule has 16 rings (SSSR count). The summed E-state index contributed by atoms with van der Waals surface area (Å²) in [5.74, 6) is 1.75. The molecule has 5 nitrogen and oxygen atoms in total. The Morgan fingerprint density at radius 2 is 0.437 bits per heavy atom. The van der Waals surface area contributed by atoms with E-state index in [1.54, 1.807) is 0 Å². The van der Waals surface area contributed by atoms with Gasteiger partial charge in [0.05, 0.1) is 0 Å². The number of aromatic nitrogens is 3. The Kier molecular flexibility index (Phi) is 12.9. The lowest BCUT2D eigenvalue weighted by Crippen LogP contribution is -2.61. The first-order chi connectivity index (χ1) is 43.1. The van der Waals surface area contributed by atoms with E-state index in [1.165, 1.54) is 38.6 Å². The van der Waals surface area contributed by atoms with Crippen molar-refractivity contribution in [2.75, 3.05) is 9.80 Å². The summed E-state index contributed by atoms with van der Waals surface area (Å²) in [6, 6.07) is 118. The maximum Gasteiger partial charge on any atom is 0.252 e. The molecular formula is C81H54BN5. The highest BCUT2D eigenvalue weighted by Gasteiger charge is 2.44. The van der Waals surface area contributed by atoms with Gasteiger partial charge in [0.25, 0.3) is 6.71 Å². The first-order valence-corrected chi connectivity index (χ1v) is 29.7. The molecule has 14 aromatic rings. The fraction of sp³-hybridized carbons (Fsp3) is 0. The maximum atomic E-state index is 5.53. The minimum atomic E-state index is -0.184. The van der Waals surface area contributed by atoms with Crippen LogP contribution in [0.4, 0.5) is 34.1 Å². The van der Waals surface area contributed by atoms with Crippen LogP contribution in [0.1, 0.15) is 0 Å². The smallest absolute Gasteiger partial charge is 0.252 e. The van der Waals surface area contributed by atoms with Gasteiger partial charge in [0.1, 0.15) is 0 Å². The minimum Gasteiger partial charge on any atom is -0.311 e. The van der Waals surface area contributed by atoms with E-state index in [9.17, 15) is 0 Å². The molecule has 0 aliphatic carbocycles. The number of fused-ring (bicyclic) bond motifs is 4. The van der Waals surface area contributed by atoms with Gasteiger partial charge in [-0.15, -0.1) is 0 Å². The summed E-state index contributed by atoms with van der Waals surface area (Å²) >= 11 is 0. The van der Waals surface area contributed by atoms with Crippen LogP contribution in [0.2, 0.25) is 0 Å². The van der Waals surface area contributed by atoms with Crippen LogP contribution >= 0.6 is 0 Å². The zero-order chi connectivity index (χ0) is 57.6. The summed E-state index contributed by atoms with van der Waals surface area (Å²) in [4.78, 5) is 21.4. The standard InChI is InChI=1S/C81H54BN5/c1-7-19-55(20-8-1)61-31-35-65(36-32-61)79-83-80(66-37-33-62(34-38-66)56-21-9-2-10-22-56)85-81(84-79)69-53-76-78-77(54-69)87(71-47-41-64(42-48-71)58-25-13-4-14-26-58)75-50-44-68(60-29-17-6-18-30-60)52-73(75)82(78)72-51-67(59-27-15-5-16-28-59)43-49-74(72)86(76)70-45-39-63(40-46-70)57-23-11-3-12-24-57/h1-54H. The van der Waals surface area contributed by atoms with Crippen LogP contribution in [0.25, 0.3) is 101 Å². The molecule has 0 amide bonds. The summed E-state index contributed by atoms with van der Waals surface area (Å²) in [5.41, 5.74) is 26.5. The Hall–Kier alpha value is -11.5. The van der Waals surface area contributed by atoms with Crippen molar-refractivity contribution in [1.29, 1.82) is 0 Å². The second kappa shape index (κ2) is 21.9. The molecule has 406 valence electrons. The highest BCUT2D eigenvalue weighted by atomic mass is 15.2. The first-order valence-electron chi connectivity index (χ1n) is 29.7. The van der Waals surface area contributed by atoms with Gasteiger partial charge in [-0.3, -0.25) is 0 Å². The summed E-state index contributed by atoms with van der Waals surface area (Å²) in [6.07, 6.45) is 0. The molecular weight excluding hydrogens is 1050 g/mol. The lowest BCUT2D eigenvalue weighted by Gasteiger charge is -2.44. The SMILES string of the molecule is c1ccc(-c2ccc(-c3nc(-c4ccc(-c5ccccc5)cc4)nc(-c4cc5c6c(c4)N(c4ccc(-c7ccccc7)cc4)c4ccc(-c7ccccc7)cc4B6c4cc(-c6ccccc6)ccc4N5c4ccc(-c5ccccc5)cc4)n3)cc2)cc1. The van der Waals surface area contributed by atoms with Crippen LogP contribution in [-0.4, -0.2) is 21.7 Å². The fourth-order valence-electron chi connectivity index (χ4n) is 12.8. The molecule has 0 bridgehead atoms. The number of benzene rings is 13. The maximum absolute atomic E-state index is 5.53. The number of nitrogens with zero attached hydrogens (tertiary/aromatic N) is 5. The van der Waals surface area contributed by atoms with E-state index in [2.05, 4.69) is 337 Å². The van der Waals surface area contributed by atoms with E-state index >= 15 is 0 Å². The van der Waals surface area contributed by atoms with E-state index in [0.717, 1.165) is 95.3 Å². The molecule has 0 atom stereocenters. The molecule has 2 aliphatic rings. The van der Waals surface area contributed by atoms with Gasteiger partial charge in [0.2, 0.25) is 0 Å². The second-order valence-electron chi connectivity index (χ2n) is 22.3. The molecule has 6 heteroatoms. The van der Waals surface area contributed by atoms with Gasteiger partial charge in [-0.05, 0) is 132 Å². The lowest BCUT2D eigenvalue weighted by atomic mass is 9.33. The molecule has 1 aromatic heterocycles. The van der Waals surface area contributed by atoms with Crippen LogP contribution in [0.15, 0.2) is 328 Å². The topological polar surface area (TPSA) is 45.2 Å². The Balaban J connectivity index is 0.964. The Morgan fingerprint density at radius 1 is 0.195 bits per heavy atom. The van der Waals surface area contributed by atoms with E-state index in [0.29, 0.717) is 17.5 Å².